The van der Waals surface area contributed by atoms with Crippen molar-refractivity contribution in [1.82, 2.24) is 9.78 Å². The van der Waals surface area contributed by atoms with E-state index in [-0.39, 0.29) is 6.04 Å². The second-order valence-corrected chi connectivity index (χ2v) is 7.34. The summed E-state index contributed by atoms with van der Waals surface area (Å²) in [4.78, 5) is 12.0. The van der Waals surface area contributed by atoms with Gasteiger partial charge < -0.3 is 25.5 Å². The number of ether oxygens (including phenoxy) is 1. The number of amides is 1. The highest BCUT2D eigenvalue weighted by Gasteiger charge is 2.27. The molecule has 0 saturated carbocycles. The quantitative estimate of drug-likeness (QED) is 0.698. The highest BCUT2D eigenvalue weighted by molar-refractivity contribution is 6.51. The topological polar surface area (TPSA) is 112 Å². The van der Waals surface area contributed by atoms with E-state index in [1.807, 2.05) is 19.1 Å². The lowest BCUT2D eigenvalue weighted by atomic mass is 9.86. The Labute approximate surface area is 163 Å². The molecular formula is C19H23BN4O4. The fourth-order valence-corrected chi connectivity index (χ4v) is 3.55. The first-order valence-corrected chi connectivity index (χ1v) is 9.33. The molecule has 1 fully saturated rings. The van der Waals surface area contributed by atoms with Gasteiger partial charge in [0.25, 0.3) is 5.91 Å². The first-order chi connectivity index (χ1) is 13.4. The summed E-state index contributed by atoms with van der Waals surface area (Å²) in [6.45, 7) is 5.36. The van der Waals surface area contributed by atoms with Crippen LogP contribution >= 0.6 is 0 Å². The largest absolute Gasteiger partial charge is 0.552 e. The van der Waals surface area contributed by atoms with Gasteiger partial charge in [-0.15, -0.1) is 0 Å². The van der Waals surface area contributed by atoms with Crippen LogP contribution in [0.15, 0.2) is 24.3 Å². The minimum atomic E-state index is -0.942. The summed E-state index contributed by atoms with van der Waals surface area (Å²) < 4.78 is 12.8. The van der Waals surface area contributed by atoms with Crippen LogP contribution in [0.4, 0.5) is 11.5 Å². The van der Waals surface area contributed by atoms with Crippen molar-refractivity contribution in [2.75, 3.05) is 18.5 Å². The van der Waals surface area contributed by atoms with Crippen LogP contribution in [0, 0.1) is 12.8 Å². The highest BCUT2D eigenvalue weighted by Crippen LogP contribution is 2.33. The number of benzene rings is 1. The summed E-state index contributed by atoms with van der Waals surface area (Å²) in [5.74, 6) is 2.43. The van der Waals surface area contributed by atoms with Crippen molar-refractivity contribution in [3.8, 4) is 5.75 Å². The molecule has 146 valence electrons. The number of hydrogen-bond acceptors (Lipinski definition) is 6. The van der Waals surface area contributed by atoms with Crippen molar-refractivity contribution in [3.63, 3.8) is 0 Å². The molecule has 8 nitrogen and oxygen atoms in total. The fraction of sp³-hybridized carbons (Fsp3) is 0.368. The van der Waals surface area contributed by atoms with Gasteiger partial charge in [-0.25, -0.2) is 0 Å². The molecule has 9 heteroatoms. The average molecular weight is 382 g/mol. The molecule has 0 unspecified atom stereocenters. The zero-order valence-electron chi connectivity index (χ0n) is 15.9. The van der Waals surface area contributed by atoms with Crippen LogP contribution in [-0.4, -0.2) is 41.0 Å². The number of nitrogens with one attached hydrogen (secondary N) is 1. The van der Waals surface area contributed by atoms with Gasteiger partial charge in [0.15, 0.2) is 5.82 Å². The fourth-order valence-electron chi connectivity index (χ4n) is 3.55. The number of carbonyl (C=O) groups excluding carboxylic acids is 1. The monoisotopic (exact) mass is 382 g/mol. The van der Waals surface area contributed by atoms with Gasteiger partial charge in [-0.2, -0.15) is 5.10 Å². The van der Waals surface area contributed by atoms with E-state index >= 15 is 0 Å². The lowest BCUT2D eigenvalue weighted by Crippen LogP contribution is -2.28. The molecule has 4 rings (SSSR count). The first-order valence-electron chi connectivity index (χ1n) is 9.33. The predicted octanol–water partition coefficient (Wildman–Crippen LogP) is 2.06. The molecule has 0 aliphatic carbocycles. The summed E-state index contributed by atoms with van der Waals surface area (Å²) >= 11 is 0. The third-order valence-electron chi connectivity index (χ3n) is 5.30. The number of primary amides is 1. The standard InChI is InChI=1S/C19H23BN4O4/c1-11-4-6-27-10-16(11)24-9-14(18(21)25)19(23-24)22-15-8-13-3-5-20(26)28-17(13)7-12(15)2/h3,5,7-9,11,16,26H,4,6,10H2,1-2H3,(H2,21,25)(H,22,23)/t11-,16-/m0/s1. The number of nitrogens with two attached hydrogens (primary N) is 1. The number of fused-ring (bicyclic) bond motifs is 1. The highest BCUT2D eigenvalue weighted by atomic mass is 16.5. The number of carbonyl (C=O) groups is 1. The Bertz CT molecular complexity index is 942. The second kappa shape index (κ2) is 7.33. The number of hydrogen-bond donors (Lipinski definition) is 3. The van der Waals surface area contributed by atoms with Crippen LogP contribution in [-0.2, 0) is 4.74 Å². The second-order valence-electron chi connectivity index (χ2n) is 7.34. The smallest absolute Gasteiger partial charge is 0.532 e. The van der Waals surface area contributed by atoms with E-state index in [2.05, 4.69) is 17.3 Å². The van der Waals surface area contributed by atoms with Crippen LogP contribution in [0.3, 0.4) is 0 Å². The summed E-state index contributed by atoms with van der Waals surface area (Å²) in [5.41, 5.74) is 8.42. The van der Waals surface area contributed by atoms with Crippen molar-refractivity contribution in [2.45, 2.75) is 26.3 Å². The van der Waals surface area contributed by atoms with Crippen LogP contribution < -0.4 is 15.7 Å². The Morgan fingerprint density at radius 1 is 1.46 bits per heavy atom. The molecule has 4 N–H and O–H groups in total. The normalized spacial score (nSPS) is 21.2. The maximum atomic E-state index is 12.0. The Morgan fingerprint density at radius 3 is 3.04 bits per heavy atom. The van der Waals surface area contributed by atoms with Gasteiger partial charge in [-0.3, -0.25) is 9.48 Å². The molecule has 3 heterocycles. The SMILES string of the molecule is Cc1cc2c(cc1Nc1nn([C@H]3COCC[C@@H]3C)cc1C(N)=O)C=CB(O)O2. The van der Waals surface area contributed by atoms with E-state index in [9.17, 15) is 9.82 Å². The zero-order valence-corrected chi connectivity index (χ0v) is 15.9. The molecule has 1 saturated heterocycles. The Kier molecular flexibility index (Phi) is 4.86. The van der Waals surface area contributed by atoms with Gasteiger partial charge in [0.2, 0.25) is 0 Å². The first kappa shape index (κ1) is 18.6. The van der Waals surface area contributed by atoms with Crippen molar-refractivity contribution < 1.29 is 19.2 Å². The summed E-state index contributed by atoms with van der Waals surface area (Å²) in [6, 6.07) is 3.79. The molecule has 1 aromatic carbocycles. The van der Waals surface area contributed by atoms with E-state index in [0.717, 1.165) is 29.8 Å². The molecule has 0 spiro atoms. The van der Waals surface area contributed by atoms with E-state index in [4.69, 9.17) is 15.1 Å². The Hall–Kier alpha value is -2.78. The minimum absolute atomic E-state index is 0.0600. The number of aromatic nitrogens is 2. The van der Waals surface area contributed by atoms with Crippen LogP contribution in [0.25, 0.3) is 6.08 Å². The molecule has 2 aliphatic heterocycles. The molecule has 28 heavy (non-hydrogen) atoms. The Balaban J connectivity index is 1.67. The van der Waals surface area contributed by atoms with Crippen LogP contribution in [0.1, 0.15) is 40.9 Å². The molecule has 2 aromatic rings. The predicted molar refractivity (Wildman–Crippen MR) is 106 cm³/mol. The van der Waals surface area contributed by atoms with E-state index < -0.39 is 13.0 Å². The van der Waals surface area contributed by atoms with E-state index in [1.54, 1.807) is 22.9 Å². The van der Waals surface area contributed by atoms with Gasteiger partial charge >= 0.3 is 7.12 Å². The summed E-state index contributed by atoms with van der Waals surface area (Å²) in [5, 5.41) is 17.4. The van der Waals surface area contributed by atoms with E-state index in [0.29, 0.717) is 29.7 Å². The zero-order chi connectivity index (χ0) is 19.8. The summed E-state index contributed by atoms with van der Waals surface area (Å²) in [7, 11) is -0.942. The molecular weight excluding hydrogens is 359 g/mol. The van der Waals surface area contributed by atoms with Crippen molar-refractivity contribution in [1.29, 1.82) is 0 Å². The van der Waals surface area contributed by atoms with Crippen LogP contribution in [0.2, 0.25) is 0 Å². The lowest BCUT2D eigenvalue weighted by molar-refractivity contribution is 0.0238. The van der Waals surface area contributed by atoms with Crippen molar-refractivity contribution in [2.24, 2.45) is 11.7 Å². The molecule has 2 aliphatic rings. The van der Waals surface area contributed by atoms with Crippen molar-refractivity contribution >= 4 is 30.6 Å². The number of aryl methyl sites for hydroxylation is 1. The molecule has 0 bridgehead atoms. The van der Waals surface area contributed by atoms with Gasteiger partial charge in [0.05, 0.1) is 12.6 Å². The van der Waals surface area contributed by atoms with E-state index in [1.165, 1.54) is 0 Å². The number of anilines is 2. The van der Waals surface area contributed by atoms with Gasteiger partial charge in [0.1, 0.15) is 11.3 Å². The Morgan fingerprint density at radius 2 is 2.29 bits per heavy atom. The molecule has 1 amide bonds. The van der Waals surface area contributed by atoms with Crippen molar-refractivity contribution in [3.05, 3.63) is 41.0 Å². The van der Waals surface area contributed by atoms with Gasteiger partial charge in [-0.1, -0.05) is 13.0 Å². The average Bonchev–Trinajstić information content (AvgIpc) is 3.07. The van der Waals surface area contributed by atoms with Crippen LogP contribution in [0.5, 0.6) is 5.75 Å². The van der Waals surface area contributed by atoms with Gasteiger partial charge in [-0.05, 0) is 42.9 Å². The third-order valence-corrected chi connectivity index (χ3v) is 5.30. The number of rotatable bonds is 4. The molecule has 1 aromatic heterocycles. The maximum Gasteiger partial charge on any atom is 0.552 e. The third kappa shape index (κ3) is 3.50. The van der Waals surface area contributed by atoms with Gasteiger partial charge in [0, 0.05) is 24.1 Å². The lowest BCUT2D eigenvalue weighted by Gasteiger charge is -2.28. The molecule has 0 radical (unpaired) electrons. The summed E-state index contributed by atoms with van der Waals surface area (Å²) in [6.07, 6.45) is 4.43. The minimum Gasteiger partial charge on any atom is -0.532 e. The molecule has 2 atom stereocenters. The maximum absolute atomic E-state index is 12.0. The number of nitrogens with zero attached hydrogens (tertiary/aromatic N) is 2.